The van der Waals surface area contributed by atoms with E-state index in [1.165, 1.54) is 37.7 Å². The van der Waals surface area contributed by atoms with E-state index in [0.717, 1.165) is 34.5 Å². The van der Waals surface area contributed by atoms with Gasteiger partial charge in [-0.15, -0.1) is 0 Å². The fourth-order valence-corrected chi connectivity index (χ4v) is 3.87. The molecule has 2 heteroatoms. The van der Waals surface area contributed by atoms with Crippen LogP contribution >= 0.6 is 0 Å². The minimum Gasteiger partial charge on any atom is -0.314 e. The third-order valence-electron chi connectivity index (χ3n) is 5.13. The molecule has 3 aromatic rings. The molecule has 0 aliphatic heterocycles. The van der Waals surface area contributed by atoms with E-state index >= 15 is 0 Å². The summed E-state index contributed by atoms with van der Waals surface area (Å²) < 4.78 is 1.96. The van der Waals surface area contributed by atoms with E-state index in [2.05, 4.69) is 30.3 Å². The van der Waals surface area contributed by atoms with Gasteiger partial charge in [0.05, 0.1) is 5.69 Å². The first kappa shape index (κ1) is 14.3. The van der Waals surface area contributed by atoms with E-state index in [1.54, 1.807) is 0 Å². The number of nitrogens with zero attached hydrogens (tertiary/aromatic N) is 1. The largest absolute Gasteiger partial charge is 0.314 e. The maximum Gasteiger partial charge on any atom is 0.167 e. The van der Waals surface area contributed by atoms with E-state index in [9.17, 15) is 4.79 Å². The van der Waals surface area contributed by atoms with E-state index in [1.807, 2.05) is 28.8 Å². The molecule has 4 rings (SSSR count). The minimum absolute atomic E-state index is 0.719. The summed E-state index contributed by atoms with van der Waals surface area (Å²) in [5.41, 5.74) is 5.37. The highest BCUT2D eigenvalue weighted by Crippen LogP contribution is 2.34. The summed E-state index contributed by atoms with van der Waals surface area (Å²) in [5.74, 6) is 0.719. The van der Waals surface area contributed by atoms with Crippen LogP contribution in [-0.2, 0) is 0 Å². The van der Waals surface area contributed by atoms with Gasteiger partial charge in [0.25, 0.3) is 0 Å². The van der Waals surface area contributed by atoms with Gasteiger partial charge in [0, 0.05) is 17.3 Å². The second kappa shape index (κ2) is 6.04. The van der Waals surface area contributed by atoms with Crippen molar-refractivity contribution in [2.75, 3.05) is 0 Å². The molecule has 1 saturated carbocycles. The molecule has 0 amide bonds. The fraction of sp³-hybridized carbons (Fsp3) is 0.286. The van der Waals surface area contributed by atoms with E-state index in [0.29, 0.717) is 0 Å². The predicted octanol–water partition coefficient (Wildman–Crippen LogP) is 5.47. The Balaban J connectivity index is 1.72. The van der Waals surface area contributed by atoms with Crippen LogP contribution in [0.5, 0.6) is 0 Å². The van der Waals surface area contributed by atoms with Crippen molar-refractivity contribution in [1.82, 2.24) is 4.40 Å². The van der Waals surface area contributed by atoms with Crippen molar-refractivity contribution in [2.24, 2.45) is 0 Å². The molecule has 1 aromatic carbocycles. The SMILES string of the molecule is O=Cc1c(-c2ccc(C3CCCCC3)cc2)cc2ccccn12. The van der Waals surface area contributed by atoms with Gasteiger partial charge in [-0.1, -0.05) is 49.6 Å². The Hall–Kier alpha value is -2.35. The molecular weight excluding hydrogens is 282 g/mol. The van der Waals surface area contributed by atoms with Crippen molar-refractivity contribution in [3.63, 3.8) is 0 Å². The second-order valence-corrected chi connectivity index (χ2v) is 6.51. The lowest BCUT2D eigenvalue weighted by Crippen LogP contribution is -2.04. The van der Waals surface area contributed by atoms with Crippen molar-refractivity contribution in [3.05, 3.63) is 66.0 Å². The van der Waals surface area contributed by atoms with Gasteiger partial charge in [-0.2, -0.15) is 0 Å². The smallest absolute Gasteiger partial charge is 0.167 e. The Labute approximate surface area is 136 Å². The Morgan fingerprint density at radius 2 is 1.74 bits per heavy atom. The van der Waals surface area contributed by atoms with Crippen molar-refractivity contribution in [2.45, 2.75) is 38.0 Å². The highest BCUT2D eigenvalue weighted by Gasteiger charge is 2.16. The molecule has 0 saturated heterocycles. The molecule has 0 atom stereocenters. The van der Waals surface area contributed by atoms with Gasteiger partial charge in [0.15, 0.2) is 6.29 Å². The maximum absolute atomic E-state index is 11.6. The lowest BCUT2D eigenvalue weighted by atomic mass is 9.84. The summed E-state index contributed by atoms with van der Waals surface area (Å²) in [7, 11) is 0. The minimum atomic E-state index is 0.719. The predicted molar refractivity (Wildman–Crippen MR) is 94.0 cm³/mol. The highest BCUT2D eigenvalue weighted by molar-refractivity contribution is 5.89. The van der Waals surface area contributed by atoms with Gasteiger partial charge in [-0.05, 0) is 48.1 Å². The first-order chi connectivity index (χ1) is 11.4. The standard InChI is InChI=1S/C21H21NO/c23-15-21-20(14-19-8-4-5-13-22(19)21)18-11-9-17(10-12-18)16-6-2-1-3-7-16/h4-5,8-16H,1-3,6-7H2. The Morgan fingerprint density at radius 3 is 2.48 bits per heavy atom. The van der Waals surface area contributed by atoms with E-state index in [-0.39, 0.29) is 0 Å². The zero-order valence-corrected chi connectivity index (χ0v) is 13.2. The first-order valence-corrected chi connectivity index (χ1v) is 8.52. The second-order valence-electron chi connectivity index (χ2n) is 6.51. The number of hydrogen-bond acceptors (Lipinski definition) is 1. The maximum atomic E-state index is 11.6. The molecule has 1 aliphatic rings. The molecule has 2 aromatic heterocycles. The third-order valence-corrected chi connectivity index (χ3v) is 5.13. The summed E-state index contributed by atoms with van der Waals surface area (Å²) in [4.78, 5) is 11.6. The van der Waals surface area contributed by atoms with Gasteiger partial charge in [-0.25, -0.2) is 0 Å². The summed E-state index contributed by atoms with van der Waals surface area (Å²) >= 11 is 0. The van der Waals surface area contributed by atoms with Crippen LogP contribution in [0.3, 0.4) is 0 Å². The molecule has 2 nitrogen and oxygen atoms in total. The number of fused-ring (bicyclic) bond motifs is 1. The average Bonchev–Trinajstić information content (AvgIpc) is 3.01. The van der Waals surface area contributed by atoms with Gasteiger partial charge in [0.2, 0.25) is 0 Å². The topological polar surface area (TPSA) is 21.5 Å². The van der Waals surface area contributed by atoms with Crippen LogP contribution in [0.25, 0.3) is 16.6 Å². The molecular formula is C21H21NO. The Kier molecular flexibility index (Phi) is 3.74. The van der Waals surface area contributed by atoms with Crippen LogP contribution in [0.4, 0.5) is 0 Å². The number of hydrogen-bond donors (Lipinski definition) is 0. The quantitative estimate of drug-likeness (QED) is 0.588. The molecule has 116 valence electrons. The molecule has 1 aliphatic carbocycles. The molecule has 0 bridgehead atoms. The average molecular weight is 303 g/mol. The summed E-state index contributed by atoms with van der Waals surface area (Å²) in [5, 5.41) is 0. The van der Waals surface area contributed by atoms with Crippen LogP contribution in [0.2, 0.25) is 0 Å². The number of aldehydes is 1. The highest BCUT2D eigenvalue weighted by atomic mass is 16.1. The van der Waals surface area contributed by atoms with Gasteiger partial charge >= 0.3 is 0 Å². The summed E-state index contributed by atoms with van der Waals surface area (Å²) in [6.45, 7) is 0. The van der Waals surface area contributed by atoms with Crippen LogP contribution in [0, 0.1) is 0 Å². The number of rotatable bonds is 3. The molecule has 0 unspecified atom stereocenters. The zero-order chi connectivity index (χ0) is 15.6. The molecule has 23 heavy (non-hydrogen) atoms. The molecule has 2 heterocycles. The van der Waals surface area contributed by atoms with Crippen LogP contribution in [0.15, 0.2) is 54.7 Å². The lowest BCUT2D eigenvalue weighted by molar-refractivity contribution is 0.111. The van der Waals surface area contributed by atoms with E-state index < -0.39 is 0 Å². The molecule has 1 fully saturated rings. The molecule has 0 N–H and O–H groups in total. The van der Waals surface area contributed by atoms with Crippen LogP contribution in [-0.4, -0.2) is 10.7 Å². The number of pyridine rings is 1. The van der Waals surface area contributed by atoms with Crippen molar-refractivity contribution in [1.29, 1.82) is 0 Å². The van der Waals surface area contributed by atoms with Crippen molar-refractivity contribution in [3.8, 4) is 11.1 Å². The van der Waals surface area contributed by atoms with Crippen molar-refractivity contribution >= 4 is 11.8 Å². The van der Waals surface area contributed by atoms with Crippen molar-refractivity contribution < 1.29 is 4.79 Å². The zero-order valence-electron chi connectivity index (χ0n) is 13.2. The normalized spacial score (nSPS) is 15.8. The van der Waals surface area contributed by atoms with Crippen LogP contribution in [0.1, 0.15) is 54.1 Å². The third kappa shape index (κ3) is 2.59. The van der Waals surface area contributed by atoms with Gasteiger partial charge in [0.1, 0.15) is 0 Å². The summed E-state index contributed by atoms with van der Waals surface area (Å²) in [6, 6.07) is 16.9. The number of aromatic nitrogens is 1. The van der Waals surface area contributed by atoms with Gasteiger partial charge in [-0.3, -0.25) is 4.79 Å². The number of carbonyl (C=O) groups excluding carboxylic acids is 1. The first-order valence-electron chi connectivity index (χ1n) is 8.52. The van der Waals surface area contributed by atoms with Crippen LogP contribution < -0.4 is 0 Å². The summed E-state index contributed by atoms with van der Waals surface area (Å²) in [6.07, 6.45) is 9.62. The Bertz CT molecular complexity index is 823. The van der Waals surface area contributed by atoms with Gasteiger partial charge < -0.3 is 4.40 Å². The lowest BCUT2D eigenvalue weighted by Gasteiger charge is -2.22. The molecule has 0 radical (unpaired) electrons. The number of carbonyl (C=O) groups is 1. The fourth-order valence-electron chi connectivity index (χ4n) is 3.87. The van der Waals surface area contributed by atoms with E-state index in [4.69, 9.17) is 0 Å². The molecule has 0 spiro atoms. The monoisotopic (exact) mass is 303 g/mol. The Morgan fingerprint density at radius 1 is 0.957 bits per heavy atom. The number of benzene rings is 1.